The van der Waals surface area contributed by atoms with Crippen molar-refractivity contribution in [1.29, 1.82) is 5.26 Å². The van der Waals surface area contributed by atoms with Gasteiger partial charge in [0.25, 0.3) is 0 Å². The summed E-state index contributed by atoms with van der Waals surface area (Å²) in [6, 6.07) is 10.2. The van der Waals surface area contributed by atoms with Gasteiger partial charge in [0.15, 0.2) is 0 Å². The second-order valence-electron chi connectivity index (χ2n) is 4.86. The molecule has 96 valence electrons. The topological polar surface area (TPSA) is 48.3 Å². The first-order chi connectivity index (χ1) is 8.69. The van der Waals surface area contributed by atoms with Gasteiger partial charge in [0.1, 0.15) is 11.3 Å². The minimum atomic E-state index is -0.512. The summed E-state index contributed by atoms with van der Waals surface area (Å²) in [4.78, 5) is 2.19. The maximum absolute atomic E-state index is 9.50. The molecule has 1 saturated heterocycles. The van der Waals surface area contributed by atoms with Crippen molar-refractivity contribution in [2.45, 2.75) is 18.4 Å². The molecule has 0 saturated carbocycles. The molecule has 18 heavy (non-hydrogen) atoms. The molecule has 1 heterocycles. The Bertz CT molecular complexity index is 455. The van der Waals surface area contributed by atoms with Crippen molar-refractivity contribution in [3.63, 3.8) is 0 Å². The molecule has 0 bridgehead atoms. The van der Waals surface area contributed by atoms with Crippen LogP contribution in [0.3, 0.4) is 0 Å². The third-order valence-corrected chi connectivity index (χ3v) is 3.38. The number of ether oxygens (including phenoxy) is 1. The Morgan fingerprint density at radius 1 is 1.44 bits per heavy atom. The van der Waals surface area contributed by atoms with Gasteiger partial charge >= 0.3 is 0 Å². The standard InChI is InChI=1S/C14H19N3O/c1-17-9-5-8-14(10-15,11-17)16-12-6-3-4-7-13(12)18-2/h3-4,6-7,16H,5,8-9,11H2,1-2H3. The number of likely N-dealkylation sites (N-methyl/N-ethyl adjacent to an activating group) is 1. The molecule has 4 nitrogen and oxygen atoms in total. The maximum Gasteiger partial charge on any atom is 0.141 e. The van der Waals surface area contributed by atoms with E-state index in [0.29, 0.717) is 0 Å². The SMILES string of the molecule is COc1ccccc1NC1(C#N)CCCN(C)C1. The molecule has 2 rings (SSSR count). The highest BCUT2D eigenvalue weighted by molar-refractivity contribution is 5.59. The van der Waals surface area contributed by atoms with Gasteiger partial charge in [0, 0.05) is 6.54 Å². The summed E-state index contributed by atoms with van der Waals surface area (Å²) in [5.41, 5.74) is 0.374. The van der Waals surface area contributed by atoms with Gasteiger partial charge in [-0.1, -0.05) is 12.1 Å². The average molecular weight is 245 g/mol. The first-order valence-electron chi connectivity index (χ1n) is 6.20. The van der Waals surface area contributed by atoms with Crippen molar-refractivity contribution in [3.05, 3.63) is 24.3 Å². The zero-order chi connectivity index (χ0) is 13.0. The van der Waals surface area contributed by atoms with Crippen molar-refractivity contribution in [2.75, 3.05) is 32.6 Å². The Kier molecular flexibility index (Phi) is 3.73. The molecule has 0 aliphatic carbocycles. The summed E-state index contributed by atoms with van der Waals surface area (Å²) < 4.78 is 5.32. The van der Waals surface area contributed by atoms with Crippen LogP contribution in [0.5, 0.6) is 5.75 Å². The van der Waals surface area contributed by atoms with Crippen LogP contribution < -0.4 is 10.1 Å². The number of methoxy groups -OCH3 is 1. The van der Waals surface area contributed by atoms with E-state index < -0.39 is 5.54 Å². The monoisotopic (exact) mass is 245 g/mol. The second-order valence-corrected chi connectivity index (χ2v) is 4.86. The largest absolute Gasteiger partial charge is 0.495 e. The van der Waals surface area contributed by atoms with Crippen molar-refractivity contribution in [3.8, 4) is 11.8 Å². The highest BCUT2D eigenvalue weighted by Crippen LogP contribution is 2.30. The number of likely N-dealkylation sites (tertiary alicyclic amines) is 1. The van der Waals surface area contributed by atoms with Gasteiger partial charge in [-0.05, 0) is 38.6 Å². The summed E-state index contributed by atoms with van der Waals surface area (Å²) in [7, 11) is 3.70. The van der Waals surface area contributed by atoms with Gasteiger partial charge in [-0.15, -0.1) is 0 Å². The lowest BCUT2D eigenvalue weighted by molar-refractivity contribution is 0.227. The number of nitrogens with one attached hydrogen (secondary N) is 1. The number of hydrogen-bond donors (Lipinski definition) is 1. The lowest BCUT2D eigenvalue weighted by Crippen LogP contribution is -2.50. The van der Waals surface area contributed by atoms with Crippen LogP contribution in [0.15, 0.2) is 24.3 Å². The highest BCUT2D eigenvalue weighted by atomic mass is 16.5. The lowest BCUT2D eigenvalue weighted by Gasteiger charge is -2.37. The first kappa shape index (κ1) is 12.7. The average Bonchev–Trinajstić information content (AvgIpc) is 2.39. The molecule has 1 aliphatic rings. The molecule has 0 radical (unpaired) electrons. The number of nitrogens with zero attached hydrogens (tertiary/aromatic N) is 2. The number of rotatable bonds is 3. The molecule has 0 amide bonds. The van der Waals surface area contributed by atoms with Crippen molar-refractivity contribution in [1.82, 2.24) is 4.90 Å². The summed E-state index contributed by atoms with van der Waals surface area (Å²) in [6.45, 7) is 1.79. The predicted octanol–water partition coefficient (Wildman–Crippen LogP) is 2.10. The third-order valence-electron chi connectivity index (χ3n) is 3.38. The molecule has 4 heteroatoms. The van der Waals surface area contributed by atoms with E-state index >= 15 is 0 Å². The van der Waals surface area contributed by atoms with E-state index in [1.807, 2.05) is 24.3 Å². The van der Waals surface area contributed by atoms with Crippen LogP contribution in [0, 0.1) is 11.3 Å². The smallest absolute Gasteiger partial charge is 0.141 e. The Balaban J connectivity index is 2.22. The summed E-state index contributed by atoms with van der Waals surface area (Å²) >= 11 is 0. The van der Waals surface area contributed by atoms with Crippen LogP contribution in [0.1, 0.15) is 12.8 Å². The van der Waals surface area contributed by atoms with Crippen LogP contribution in [0.25, 0.3) is 0 Å². The van der Waals surface area contributed by atoms with Crippen molar-refractivity contribution >= 4 is 5.69 Å². The van der Waals surface area contributed by atoms with Gasteiger partial charge < -0.3 is 15.0 Å². The fourth-order valence-electron chi connectivity index (χ4n) is 2.50. The molecule has 0 spiro atoms. The molecular formula is C14H19N3O. The quantitative estimate of drug-likeness (QED) is 0.886. The fraction of sp³-hybridized carbons (Fsp3) is 0.500. The Hall–Kier alpha value is -1.73. The minimum Gasteiger partial charge on any atom is -0.495 e. The zero-order valence-electron chi connectivity index (χ0n) is 10.9. The van der Waals surface area contributed by atoms with Gasteiger partial charge in [-0.3, -0.25) is 0 Å². The van der Waals surface area contributed by atoms with E-state index in [1.54, 1.807) is 7.11 Å². The lowest BCUT2D eigenvalue weighted by atomic mass is 9.90. The molecule has 1 unspecified atom stereocenters. The van der Waals surface area contributed by atoms with Crippen LogP contribution in [-0.4, -0.2) is 37.7 Å². The Morgan fingerprint density at radius 2 is 2.22 bits per heavy atom. The van der Waals surface area contributed by atoms with E-state index in [-0.39, 0.29) is 0 Å². The molecule has 1 fully saturated rings. The van der Waals surface area contributed by atoms with E-state index in [2.05, 4.69) is 23.3 Å². The molecular weight excluding hydrogens is 226 g/mol. The van der Waals surface area contributed by atoms with Gasteiger partial charge in [0.2, 0.25) is 0 Å². The molecule has 1 aromatic carbocycles. The minimum absolute atomic E-state index is 0.512. The summed E-state index contributed by atoms with van der Waals surface area (Å²) in [5.74, 6) is 0.778. The van der Waals surface area contributed by atoms with Crippen LogP contribution in [0.4, 0.5) is 5.69 Å². The number of para-hydroxylation sites is 2. The summed E-state index contributed by atoms with van der Waals surface area (Å²) in [6.07, 6.45) is 1.90. The number of benzene rings is 1. The van der Waals surface area contributed by atoms with Crippen LogP contribution >= 0.6 is 0 Å². The molecule has 1 aromatic rings. The van der Waals surface area contributed by atoms with Crippen molar-refractivity contribution in [2.24, 2.45) is 0 Å². The molecule has 0 aromatic heterocycles. The number of piperidine rings is 1. The van der Waals surface area contributed by atoms with E-state index in [9.17, 15) is 5.26 Å². The number of anilines is 1. The maximum atomic E-state index is 9.50. The number of nitriles is 1. The predicted molar refractivity (Wildman–Crippen MR) is 71.7 cm³/mol. The van der Waals surface area contributed by atoms with Gasteiger partial charge in [-0.2, -0.15) is 5.26 Å². The Morgan fingerprint density at radius 3 is 2.89 bits per heavy atom. The van der Waals surface area contributed by atoms with E-state index in [4.69, 9.17) is 4.74 Å². The van der Waals surface area contributed by atoms with E-state index in [1.165, 1.54) is 0 Å². The normalized spacial score (nSPS) is 24.3. The summed E-state index contributed by atoms with van der Waals surface area (Å²) in [5, 5.41) is 12.9. The van der Waals surface area contributed by atoms with Crippen LogP contribution in [0.2, 0.25) is 0 Å². The van der Waals surface area contributed by atoms with Crippen molar-refractivity contribution < 1.29 is 4.74 Å². The van der Waals surface area contributed by atoms with Crippen LogP contribution in [-0.2, 0) is 0 Å². The van der Waals surface area contributed by atoms with E-state index in [0.717, 1.165) is 37.4 Å². The molecule has 1 aliphatic heterocycles. The fourth-order valence-corrected chi connectivity index (χ4v) is 2.50. The molecule has 1 N–H and O–H groups in total. The third kappa shape index (κ3) is 2.57. The van der Waals surface area contributed by atoms with Gasteiger partial charge in [-0.25, -0.2) is 0 Å². The first-order valence-corrected chi connectivity index (χ1v) is 6.20. The zero-order valence-corrected chi connectivity index (χ0v) is 10.9. The highest BCUT2D eigenvalue weighted by Gasteiger charge is 2.34. The second kappa shape index (κ2) is 5.28. The molecule has 1 atom stereocenters. The van der Waals surface area contributed by atoms with Gasteiger partial charge in [0.05, 0.1) is 18.9 Å². The number of hydrogen-bond acceptors (Lipinski definition) is 4. The Labute approximate surface area is 108 Å².